The van der Waals surface area contributed by atoms with E-state index in [0.717, 1.165) is 25.2 Å². The van der Waals surface area contributed by atoms with Gasteiger partial charge >= 0.3 is 0 Å². The highest BCUT2D eigenvalue weighted by molar-refractivity contribution is 7.90. The minimum atomic E-state index is -3.50. The molecule has 0 aromatic heterocycles. The monoisotopic (exact) mass is 265 g/mol. The molecule has 0 unspecified atom stereocenters. The van der Waals surface area contributed by atoms with Gasteiger partial charge in [0.2, 0.25) is 0 Å². The summed E-state index contributed by atoms with van der Waals surface area (Å²) in [5.41, 5.74) is 0.723. The average Bonchev–Trinajstić information content (AvgIpc) is 2.86. The molecule has 2 aliphatic rings. The van der Waals surface area contributed by atoms with Crippen molar-refractivity contribution >= 4 is 22.0 Å². The van der Waals surface area contributed by atoms with E-state index in [9.17, 15) is 8.42 Å². The topological polar surface area (TPSA) is 61.8 Å². The summed E-state index contributed by atoms with van der Waals surface area (Å²) in [5.74, 6) is 0. The summed E-state index contributed by atoms with van der Waals surface area (Å²) in [6, 6.07) is 7.42. The number of benzene rings is 1. The smallest absolute Gasteiger partial charge is 0.285 e. The zero-order chi connectivity index (χ0) is 12.6. The molecule has 0 saturated carbocycles. The predicted octanol–water partition coefficient (Wildman–Crippen LogP) is 0.976. The molecule has 0 amide bonds. The van der Waals surface area contributed by atoms with Crippen LogP contribution in [0.3, 0.4) is 0 Å². The Balaban J connectivity index is 1.93. The minimum Gasteiger partial charge on any atom is -0.329 e. The lowest BCUT2D eigenvalue weighted by Gasteiger charge is -2.27. The van der Waals surface area contributed by atoms with E-state index < -0.39 is 10.0 Å². The normalized spacial score (nSPS) is 25.1. The van der Waals surface area contributed by atoms with Gasteiger partial charge in [-0.15, -0.1) is 4.40 Å². The molecule has 6 heteroatoms. The van der Waals surface area contributed by atoms with Crippen LogP contribution in [0, 0.1) is 0 Å². The van der Waals surface area contributed by atoms with Gasteiger partial charge in [0, 0.05) is 12.6 Å². The van der Waals surface area contributed by atoms with Crippen molar-refractivity contribution in [3.05, 3.63) is 24.3 Å². The van der Waals surface area contributed by atoms with Gasteiger partial charge in [-0.1, -0.05) is 12.1 Å². The number of fused-ring (bicyclic) bond motifs is 1. The molecule has 1 atom stereocenters. The first-order valence-corrected chi connectivity index (χ1v) is 7.50. The third-order valence-corrected chi connectivity index (χ3v) is 4.63. The third-order valence-electron chi connectivity index (χ3n) is 3.36. The number of rotatable bonds is 2. The lowest BCUT2D eigenvalue weighted by Crippen LogP contribution is -2.38. The van der Waals surface area contributed by atoms with Crippen molar-refractivity contribution in [2.45, 2.75) is 23.8 Å². The number of hydrogen-bond acceptors (Lipinski definition) is 4. The van der Waals surface area contributed by atoms with Crippen LogP contribution in [-0.4, -0.2) is 33.9 Å². The van der Waals surface area contributed by atoms with Crippen LogP contribution in [0.25, 0.3) is 0 Å². The van der Waals surface area contributed by atoms with Gasteiger partial charge in [-0.3, -0.25) is 0 Å². The van der Waals surface area contributed by atoms with Gasteiger partial charge in [0.25, 0.3) is 10.0 Å². The van der Waals surface area contributed by atoms with Gasteiger partial charge in [-0.2, -0.15) is 8.42 Å². The van der Waals surface area contributed by atoms with Crippen LogP contribution in [0.5, 0.6) is 0 Å². The second-order valence-electron chi connectivity index (χ2n) is 4.61. The summed E-state index contributed by atoms with van der Waals surface area (Å²) in [6.07, 6.45) is 3.73. The Morgan fingerprint density at radius 3 is 3.00 bits per heavy atom. The maximum absolute atomic E-state index is 11.8. The third kappa shape index (κ3) is 2.02. The minimum absolute atomic E-state index is 0.297. The molecule has 96 valence electrons. The molecular weight excluding hydrogens is 250 g/mol. The summed E-state index contributed by atoms with van der Waals surface area (Å²) in [7, 11) is -3.50. The first-order chi connectivity index (χ1) is 8.67. The summed E-state index contributed by atoms with van der Waals surface area (Å²) in [5, 5.41) is 3.40. The van der Waals surface area contributed by atoms with E-state index >= 15 is 0 Å². The Morgan fingerprint density at radius 2 is 2.22 bits per heavy atom. The second kappa shape index (κ2) is 4.37. The molecule has 0 spiro atoms. The van der Waals surface area contributed by atoms with Gasteiger partial charge in [0.15, 0.2) is 0 Å². The Morgan fingerprint density at radius 1 is 1.39 bits per heavy atom. The van der Waals surface area contributed by atoms with E-state index in [-0.39, 0.29) is 0 Å². The molecule has 1 saturated heterocycles. The highest BCUT2D eigenvalue weighted by Gasteiger charge is 2.26. The molecule has 5 nitrogen and oxygen atoms in total. The van der Waals surface area contributed by atoms with Gasteiger partial charge < -0.3 is 10.2 Å². The van der Waals surface area contributed by atoms with E-state index in [1.54, 1.807) is 12.1 Å². The fourth-order valence-corrected chi connectivity index (χ4v) is 3.50. The highest BCUT2D eigenvalue weighted by atomic mass is 32.2. The Hall–Kier alpha value is -1.40. The average molecular weight is 265 g/mol. The van der Waals surface area contributed by atoms with Crippen molar-refractivity contribution in [3.8, 4) is 0 Å². The fourth-order valence-electron chi connectivity index (χ4n) is 2.45. The van der Waals surface area contributed by atoms with E-state index in [0.29, 0.717) is 10.9 Å². The van der Waals surface area contributed by atoms with Crippen molar-refractivity contribution in [1.82, 2.24) is 5.32 Å². The van der Waals surface area contributed by atoms with Crippen LogP contribution in [-0.2, 0) is 10.0 Å². The summed E-state index contributed by atoms with van der Waals surface area (Å²) >= 11 is 0. The van der Waals surface area contributed by atoms with Crippen molar-refractivity contribution in [3.63, 3.8) is 0 Å². The van der Waals surface area contributed by atoms with Crippen LogP contribution >= 0.6 is 0 Å². The predicted molar refractivity (Wildman–Crippen MR) is 70.5 cm³/mol. The Labute approximate surface area is 107 Å². The van der Waals surface area contributed by atoms with Crippen molar-refractivity contribution < 1.29 is 8.42 Å². The summed E-state index contributed by atoms with van der Waals surface area (Å²) < 4.78 is 27.3. The largest absolute Gasteiger partial charge is 0.329 e. The zero-order valence-corrected chi connectivity index (χ0v) is 10.7. The number of anilines is 1. The molecule has 1 fully saturated rings. The van der Waals surface area contributed by atoms with Gasteiger partial charge in [0.05, 0.1) is 5.69 Å². The quantitative estimate of drug-likeness (QED) is 0.865. The lowest BCUT2D eigenvalue weighted by molar-refractivity contribution is 0.592. The summed E-state index contributed by atoms with van der Waals surface area (Å²) in [4.78, 5) is 2.21. The number of nitrogens with zero attached hydrogens (tertiary/aromatic N) is 2. The van der Waals surface area contributed by atoms with E-state index in [2.05, 4.69) is 9.71 Å². The van der Waals surface area contributed by atoms with Crippen molar-refractivity contribution in [2.75, 3.05) is 18.0 Å². The van der Waals surface area contributed by atoms with Gasteiger partial charge in [0.1, 0.15) is 11.2 Å². The molecule has 1 N–H and O–H groups in total. The molecule has 3 rings (SSSR count). The summed E-state index contributed by atoms with van der Waals surface area (Å²) in [6.45, 7) is 1.80. The van der Waals surface area contributed by atoms with Crippen molar-refractivity contribution in [1.29, 1.82) is 0 Å². The number of sulfonamides is 1. The van der Waals surface area contributed by atoms with Crippen LogP contribution in [0.2, 0.25) is 0 Å². The van der Waals surface area contributed by atoms with E-state index in [4.69, 9.17) is 0 Å². The number of para-hydroxylation sites is 1. The SMILES string of the molecule is O=S1(=O)N=CN(C[C@H]2CCCN2)c2ccccc21. The molecule has 1 aromatic carbocycles. The zero-order valence-electron chi connectivity index (χ0n) is 9.91. The molecule has 2 heterocycles. The molecule has 18 heavy (non-hydrogen) atoms. The number of nitrogens with one attached hydrogen (secondary N) is 1. The molecule has 2 aliphatic heterocycles. The van der Waals surface area contributed by atoms with Crippen LogP contribution in [0.4, 0.5) is 5.69 Å². The lowest BCUT2D eigenvalue weighted by atomic mass is 10.2. The first-order valence-electron chi connectivity index (χ1n) is 6.06. The van der Waals surface area contributed by atoms with Crippen LogP contribution in [0.1, 0.15) is 12.8 Å². The molecule has 0 radical (unpaired) electrons. The fraction of sp³-hybridized carbons (Fsp3) is 0.417. The van der Waals surface area contributed by atoms with Crippen molar-refractivity contribution in [2.24, 2.45) is 4.40 Å². The van der Waals surface area contributed by atoms with Gasteiger partial charge in [-0.05, 0) is 31.5 Å². The molecule has 0 aliphatic carbocycles. The molecule has 1 aromatic rings. The standard InChI is InChI=1S/C12H15N3O2S/c16-18(17)12-6-2-1-5-11(12)15(9-14-18)8-10-4-3-7-13-10/h1-2,5-6,9-10,13H,3-4,7-8H2/t10-/m1/s1. The van der Waals surface area contributed by atoms with E-state index in [1.807, 2.05) is 17.0 Å². The highest BCUT2D eigenvalue weighted by Crippen LogP contribution is 2.29. The molecular formula is C12H15N3O2S. The van der Waals surface area contributed by atoms with Crippen LogP contribution < -0.4 is 10.2 Å². The Bertz CT molecular complexity index is 577. The maximum Gasteiger partial charge on any atom is 0.285 e. The van der Waals surface area contributed by atoms with Gasteiger partial charge in [-0.25, -0.2) is 0 Å². The second-order valence-corrected chi connectivity index (χ2v) is 6.21. The number of hydrogen-bond donors (Lipinski definition) is 1. The Kier molecular flexibility index (Phi) is 2.83. The van der Waals surface area contributed by atoms with E-state index in [1.165, 1.54) is 12.8 Å². The molecule has 0 bridgehead atoms. The van der Waals surface area contributed by atoms with Crippen LogP contribution in [0.15, 0.2) is 33.6 Å². The maximum atomic E-state index is 11.8. The first kappa shape index (κ1) is 11.7.